The zero-order valence-corrected chi connectivity index (χ0v) is 17.0. The number of fused-ring (bicyclic) bond motifs is 1. The maximum atomic E-state index is 12.3. The van der Waals surface area contributed by atoms with E-state index in [0.29, 0.717) is 18.8 Å². The van der Waals surface area contributed by atoms with Crippen LogP contribution < -0.4 is 15.4 Å². The minimum atomic E-state index is -0.103. The van der Waals surface area contributed by atoms with Gasteiger partial charge in [0.1, 0.15) is 17.6 Å². The summed E-state index contributed by atoms with van der Waals surface area (Å²) in [4.78, 5) is 12.3. The summed E-state index contributed by atoms with van der Waals surface area (Å²) in [6.45, 7) is 7.24. The van der Waals surface area contributed by atoms with Crippen molar-refractivity contribution < 1.29 is 9.53 Å². The summed E-state index contributed by atoms with van der Waals surface area (Å²) < 4.78 is 7.49. The molecule has 150 valence electrons. The molecule has 1 atom stereocenters. The van der Waals surface area contributed by atoms with Gasteiger partial charge >= 0.3 is 0 Å². The standard InChI is InChI=1S/C23H26N4O2/c1-15(2)29-19-10-6-17(7-11-19)13-24-22-14-25-23(28)21-12-20(26-27(21)22)18-8-4-16(3)5-9-18/h4-12,15,22,24H,13-14H2,1-3H3,(H,25,28). The van der Waals surface area contributed by atoms with Gasteiger partial charge in [0.25, 0.3) is 5.91 Å². The number of ether oxygens (including phenoxy) is 1. The molecular weight excluding hydrogens is 364 g/mol. The Bertz CT molecular complexity index is 991. The Hall–Kier alpha value is -3.12. The molecule has 6 nitrogen and oxygen atoms in total. The van der Waals surface area contributed by atoms with Gasteiger partial charge in [-0.25, -0.2) is 4.68 Å². The third-order valence-corrected chi connectivity index (χ3v) is 4.90. The number of rotatable bonds is 6. The average Bonchev–Trinajstić information content (AvgIpc) is 3.15. The Morgan fingerprint density at radius 3 is 2.59 bits per heavy atom. The van der Waals surface area contributed by atoms with E-state index < -0.39 is 0 Å². The Morgan fingerprint density at radius 1 is 1.17 bits per heavy atom. The quantitative estimate of drug-likeness (QED) is 0.674. The second kappa shape index (κ2) is 8.09. The molecule has 0 saturated heterocycles. The topological polar surface area (TPSA) is 68.2 Å². The summed E-state index contributed by atoms with van der Waals surface area (Å²) in [6, 6.07) is 18.1. The molecule has 0 bridgehead atoms. The molecule has 2 N–H and O–H groups in total. The largest absolute Gasteiger partial charge is 0.491 e. The van der Waals surface area contributed by atoms with Gasteiger partial charge < -0.3 is 10.1 Å². The highest BCUT2D eigenvalue weighted by Crippen LogP contribution is 2.23. The minimum Gasteiger partial charge on any atom is -0.491 e. The van der Waals surface area contributed by atoms with Gasteiger partial charge in [0.05, 0.1) is 18.3 Å². The number of hydrogen-bond acceptors (Lipinski definition) is 4. The van der Waals surface area contributed by atoms with Crippen molar-refractivity contribution in [2.75, 3.05) is 6.54 Å². The molecule has 6 heteroatoms. The van der Waals surface area contributed by atoms with Gasteiger partial charge in [-0.2, -0.15) is 5.10 Å². The maximum Gasteiger partial charge on any atom is 0.269 e. The first-order chi connectivity index (χ1) is 14.0. The van der Waals surface area contributed by atoms with Crippen molar-refractivity contribution in [3.05, 3.63) is 71.4 Å². The van der Waals surface area contributed by atoms with Crippen molar-refractivity contribution in [3.8, 4) is 17.0 Å². The molecule has 3 aromatic rings. The van der Waals surface area contributed by atoms with Crippen LogP contribution in [0.4, 0.5) is 0 Å². The van der Waals surface area contributed by atoms with Gasteiger partial charge in [-0.05, 0) is 44.5 Å². The third kappa shape index (κ3) is 4.32. The first-order valence-electron chi connectivity index (χ1n) is 9.93. The van der Waals surface area contributed by atoms with E-state index in [1.54, 1.807) is 4.68 Å². The van der Waals surface area contributed by atoms with Crippen LogP contribution >= 0.6 is 0 Å². The summed E-state index contributed by atoms with van der Waals surface area (Å²) in [7, 11) is 0. The van der Waals surface area contributed by atoms with Gasteiger partial charge in [-0.15, -0.1) is 0 Å². The van der Waals surface area contributed by atoms with Crippen LogP contribution in [0.1, 0.15) is 41.6 Å². The van der Waals surface area contributed by atoms with Crippen molar-refractivity contribution >= 4 is 5.91 Å². The molecule has 0 radical (unpaired) electrons. The van der Waals surface area contributed by atoms with Gasteiger partial charge in [-0.3, -0.25) is 10.1 Å². The van der Waals surface area contributed by atoms with Gasteiger partial charge in [0.15, 0.2) is 0 Å². The lowest BCUT2D eigenvalue weighted by Crippen LogP contribution is -2.45. The second-order valence-electron chi connectivity index (χ2n) is 7.64. The van der Waals surface area contributed by atoms with E-state index in [-0.39, 0.29) is 18.2 Å². The Balaban J connectivity index is 1.49. The average molecular weight is 390 g/mol. The highest BCUT2D eigenvalue weighted by Gasteiger charge is 2.27. The molecule has 1 aliphatic rings. The van der Waals surface area contributed by atoms with Crippen LogP contribution in [0.5, 0.6) is 5.75 Å². The third-order valence-electron chi connectivity index (χ3n) is 4.90. The molecule has 0 aliphatic carbocycles. The zero-order valence-electron chi connectivity index (χ0n) is 17.0. The zero-order chi connectivity index (χ0) is 20.4. The highest BCUT2D eigenvalue weighted by molar-refractivity contribution is 5.94. The first kappa shape index (κ1) is 19.2. The van der Waals surface area contributed by atoms with Crippen LogP contribution in [-0.2, 0) is 6.54 Å². The van der Waals surface area contributed by atoms with Gasteiger partial charge in [0.2, 0.25) is 0 Å². The summed E-state index contributed by atoms with van der Waals surface area (Å²) in [5, 5.41) is 11.2. The number of carbonyl (C=O) groups is 1. The lowest BCUT2D eigenvalue weighted by molar-refractivity contribution is 0.0900. The van der Waals surface area contributed by atoms with E-state index in [0.717, 1.165) is 22.6 Å². The molecule has 2 aromatic carbocycles. The van der Waals surface area contributed by atoms with E-state index in [2.05, 4.69) is 29.7 Å². The molecule has 0 fully saturated rings. The fourth-order valence-corrected chi connectivity index (χ4v) is 3.39. The maximum absolute atomic E-state index is 12.3. The molecule has 1 aliphatic heterocycles. The normalized spacial score (nSPS) is 15.9. The summed E-state index contributed by atoms with van der Waals surface area (Å²) in [5.41, 5.74) is 4.72. The van der Waals surface area contributed by atoms with Crippen molar-refractivity contribution in [3.63, 3.8) is 0 Å². The van der Waals surface area contributed by atoms with E-state index in [1.165, 1.54) is 5.56 Å². The monoisotopic (exact) mass is 390 g/mol. The molecule has 2 heterocycles. The van der Waals surface area contributed by atoms with Crippen LogP contribution in [0, 0.1) is 6.92 Å². The van der Waals surface area contributed by atoms with Crippen LogP contribution in [0.25, 0.3) is 11.3 Å². The second-order valence-corrected chi connectivity index (χ2v) is 7.64. The van der Waals surface area contributed by atoms with Gasteiger partial charge in [-0.1, -0.05) is 42.0 Å². The van der Waals surface area contributed by atoms with Crippen molar-refractivity contribution in [1.29, 1.82) is 0 Å². The number of aryl methyl sites for hydroxylation is 1. The fourth-order valence-electron chi connectivity index (χ4n) is 3.39. The number of amides is 1. The summed E-state index contributed by atoms with van der Waals surface area (Å²) in [5.74, 6) is 0.773. The Morgan fingerprint density at radius 2 is 1.90 bits per heavy atom. The van der Waals surface area contributed by atoms with Crippen LogP contribution in [-0.4, -0.2) is 28.3 Å². The van der Waals surface area contributed by atoms with Crippen LogP contribution in [0.15, 0.2) is 54.6 Å². The number of carbonyl (C=O) groups excluding carboxylic acids is 1. The number of aromatic nitrogens is 2. The molecular formula is C23H26N4O2. The van der Waals surface area contributed by atoms with Crippen molar-refractivity contribution in [1.82, 2.24) is 20.4 Å². The lowest BCUT2D eigenvalue weighted by atomic mass is 10.1. The molecule has 4 rings (SSSR count). The van der Waals surface area contributed by atoms with Crippen LogP contribution in [0.3, 0.4) is 0 Å². The van der Waals surface area contributed by atoms with Gasteiger partial charge in [0, 0.05) is 12.1 Å². The predicted octanol–water partition coefficient (Wildman–Crippen LogP) is 3.68. The van der Waals surface area contributed by atoms with Crippen molar-refractivity contribution in [2.45, 2.75) is 39.6 Å². The fraction of sp³-hybridized carbons (Fsp3) is 0.304. The number of nitrogens with one attached hydrogen (secondary N) is 2. The number of hydrogen-bond donors (Lipinski definition) is 2. The van der Waals surface area contributed by atoms with E-state index in [1.807, 2.05) is 56.3 Å². The Kier molecular flexibility index (Phi) is 5.36. The lowest BCUT2D eigenvalue weighted by Gasteiger charge is -2.25. The SMILES string of the molecule is Cc1ccc(-c2cc3n(n2)C(NCc2ccc(OC(C)C)cc2)CNC3=O)cc1. The van der Waals surface area contributed by atoms with E-state index in [9.17, 15) is 4.79 Å². The number of nitrogens with zero attached hydrogens (tertiary/aromatic N) is 2. The molecule has 0 spiro atoms. The van der Waals surface area contributed by atoms with E-state index in [4.69, 9.17) is 9.84 Å². The van der Waals surface area contributed by atoms with Crippen LogP contribution in [0.2, 0.25) is 0 Å². The molecule has 1 aromatic heterocycles. The molecule has 0 saturated carbocycles. The molecule has 1 amide bonds. The van der Waals surface area contributed by atoms with Crippen molar-refractivity contribution in [2.24, 2.45) is 0 Å². The first-order valence-corrected chi connectivity index (χ1v) is 9.93. The summed E-state index contributed by atoms with van der Waals surface area (Å²) in [6.07, 6.45) is 0.0549. The Labute approximate surface area is 170 Å². The number of benzene rings is 2. The smallest absolute Gasteiger partial charge is 0.269 e. The van der Waals surface area contributed by atoms with E-state index >= 15 is 0 Å². The minimum absolute atomic E-state index is 0.0934. The molecule has 29 heavy (non-hydrogen) atoms. The predicted molar refractivity (Wildman–Crippen MR) is 113 cm³/mol. The highest BCUT2D eigenvalue weighted by atomic mass is 16.5. The summed E-state index contributed by atoms with van der Waals surface area (Å²) >= 11 is 0. The molecule has 1 unspecified atom stereocenters.